The Morgan fingerprint density at radius 1 is 1.29 bits per heavy atom. The van der Waals surface area contributed by atoms with Crippen molar-refractivity contribution in [3.8, 4) is 11.5 Å². The van der Waals surface area contributed by atoms with E-state index in [1.807, 2.05) is 11.6 Å². The van der Waals surface area contributed by atoms with E-state index in [2.05, 4.69) is 29.5 Å². The van der Waals surface area contributed by atoms with E-state index in [-0.39, 0.29) is 0 Å². The van der Waals surface area contributed by atoms with E-state index < -0.39 is 0 Å². The molecule has 3 aromatic rings. The molecule has 0 spiro atoms. The summed E-state index contributed by atoms with van der Waals surface area (Å²) in [6, 6.07) is 0. The molecular formula is C12H11N7S2. The van der Waals surface area contributed by atoms with Gasteiger partial charge in [0.25, 0.3) is 0 Å². The van der Waals surface area contributed by atoms with Gasteiger partial charge in [-0.05, 0) is 36.1 Å². The molecule has 0 atom stereocenters. The molecule has 0 aliphatic heterocycles. The highest BCUT2D eigenvalue weighted by Crippen LogP contribution is 2.40. The molecule has 0 unspecified atom stereocenters. The van der Waals surface area contributed by atoms with Crippen LogP contribution in [-0.2, 0) is 7.05 Å². The standard InChI is InChI=1S/C12H11N7S2/c1-19-10(8-6-13-4-5-14-8)16-17-11(19)20-12-15-9(18-21-12)7-2-3-7/h4-7H,2-3H2,1H3. The van der Waals surface area contributed by atoms with Crippen LogP contribution >= 0.6 is 23.3 Å². The van der Waals surface area contributed by atoms with Crippen LogP contribution in [0.1, 0.15) is 24.6 Å². The van der Waals surface area contributed by atoms with Gasteiger partial charge < -0.3 is 4.57 Å². The predicted molar refractivity (Wildman–Crippen MR) is 78.0 cm³/mol. The summed E-state index contributed by atoms with van der Waals surface area (Å²) < 4.78 is 7.20. The molecule has 1 fully saturated rings. The maximum atomic E-state index is 4.55. The summed E-state index contributed by atoms with van der Waals surface area (Å²) in [5, 5.41) is 9.16. The molecule has 1 saturated carbocycles. The van der Waals surface area contributed by atoms with Crippen LogP contribution in [0.2, 0.25) is 0 Å². The van der Waals surface area contributed by atoms with Crippen LogP contribution in [-0.4, -0.2) is 34.1 Å². The molecule has 21 heavy (non-hydrogen) atoms. The van der Waals surface area contributed by atoms with Crippen LogP contribution in [0.3, 0.4) is 0 Å². The lowest BCUT2D eigenvalue weighted by Gasteiger charge is -2.00. The van der Waals surface area contributed by atoms with Crippen LogP contribution in [0, 0.1) is 0 Å². The highest BCUT2D eigenvalue weighted by Gasteiger charge is 2.28. The van der Waals surface area contributed by atoms with Crippen LogP contribution in [0.15, 0.2) is 28.1 Å². The summed E-state index contributed by atoms with van der Waals surface area (Å²) in [6.07, 6.45) is 7.37. The van der Waals surface area contributed by atoms with Gasteiger partial charge in [0.05, 0.1) is 6.20 Å². The van der Waals surface area contributed by atoms with E-state index in [1.54, 1.807) is 18.6 Å². The lowest BCUT2D eigenvalue weighted by molar-refractivity contribution is 0.791. The van der Waals surface area contributed by atoms with Gasteiger partial charge in [-0.2, -0.15) is 4.37 Å². The van der Waals surface area contributed by atoms with Crippen molar-refractivity contribution in [2.24, 2.45) is 7.05 Å². The van der Waals surface area contributed by atoms with E-state index in [9.17, 15) is 0 Å². The van der Waals surface area contributed by atoms with Crippen molar-refractivity contribution in [3.63, 3.8) is 0 Å². The third kappa shape index (κ3) is 2.54. The van der Waals surface area contributed by atoms with Crippen LogP contribution in [0.4, 0.5) is 0 Å². The summed E-state index contributed by atoms with van der Waals surface area (Å²) in [6.45, 7) is 0. The molecule has 1 aliphatic rings. The Hall–Kier alpha value is -1.87. The Morgan fingerprint density at radius 2 is 2.19 bits per heavy atom. The maximum absolute atomic E-state index is 4.55. The van der Waals surface area contributed by atoms with Crippen LogP contribution < -0.4 is 0 Å². The van der Waals surface area contributed by atoms with Crippen LogP contribution in [0.25, 0.3) is 11.5 Å². The second-order valence-electron chi connectivity index (χ2n) is 4.75. The second-order valence-corrected chi connectivity index (χ2v) is 6.72. The van der Waals surface area contributed by atoms with Gasteiger partial charge in [-0.3, -0.25) is 4.98 Å². The SMILES string of the molecule is Cn1c(Sc2nc(C3CC3)ns2)nnc1-c1cnccn1. The number of hydrogen-bond acceptors (Lipinski definition) is 8. The van der Waals surface area contributed by atoms with Crippen molar-refractivity contribution in [3.05, 3.63) is 24.4 Å². The number of nitrogens with zero attached hydrogens (tertiary/aromatic N) is 7. The normalized spacial score (nSPS) is 14.5. The van der Waals surface area contributed by atoms with E-state index in [0.29, 0.717) is 17.4 Å². The molecule has 0 saturated heterocycles. The highest BCUT2D eigenvalue weighted by molar-refractivity contribution is 8.00. The maximum Gasteiger partial charge on any atom is 0.198 e. The first-order valence-corrected chi connectivity index (χ1v) is 8.07. The minimum Gasteiger partial charge on any atom is -0.303 e. The summed E-state index contributed by atoms with van der Waals surface area (Å²) >= 11 is 2.90. The minimum absolute atomic E-state index is 0.574. The van der Waals surface area contributed by atoms with Gasteiger partial charge in [-0.1, -0.05) is 0 Å². The molecular weight excluding hydrogens is 306 g/mol. The summed E-state index contributed by atoms with van der Waals surface area (Å²) in [5.41, 5.74) is 0.704. The zero-order chi connectivity index (χ0) is 14.2. The third-order valence-electron chi connectivity index (χ3n) is 3.17. The Kier molecular flexibility index (Phi) is 3.15. The first kappa shape index (κ1) is 12.8. The van der Waals surface area contributed by atoms with E-state index >= 15 is 0 Å². The summed E-state index contributed by atoms with van der Waals surface area (Å²) in [7, 11) is 1.91. The molecule has 0 radical (unpaired) electrons. The highest BCUT2D eigenvalue weighted by atomic mass is 32.2. The second kappa shape index (κ2) is 5.15. The topological polar surface area (TPSA) is 82.3 Å². The summed E-state index contributed by atoms with van der Waals surface area (Å²) in [4.78, 5) is 12.9. The molecule has 4 rings (SSSR count). The minimum atomic E-state index is 0.574. The van der Waals surface area contributed by atoms with Crippen molar-refractivity contribution >= 4 is 23.3 Å². The number of aromatic nitrogens is 7. The molecule has 7 nitrogen and oxygen atoms in total. The fourth-order valence-electron chi connectivity index (χ4n) is 1.89. The van der Waals surface area contributed by atoms with Crippen molar-refractivity contribution < 1.29 is 0 Å². The average molecular weight is 317 g/mol. The average Bonchev–Trinajstić information content (AvgIpc) is 3.16. The molecule has 0 bridgehead atoms. The molecule has 0 aromatic carbocycles. The summed E-state index contributed by atoms with van der Waals surface area (Å²) in [5.74, 6) is 2.24. The number of hydrogen-bond donors (Lipinski definition) is 0. The van der Waals surface area contributed by atoms with Gasteiger partial charge in [0.2, 0.25) is 0 Å². The monoisotopic (exact) mass is 317 g/mol. The quantitative estimate of drug-likeness (QED) is 0.729. The largest absolute Gasteiger partial charge is 0.303 e. The first-order chi connectivity index (χ1) is 10.3. The van der Waals surface area contributed by atoms with Gasteiger partial charge >= 0.3 is 0 Å². The lowest BCUT2D eigenvalue weighted by Crippen LogP contribution is -1.96. The molecule has 0 amide bonds. The Bertz CT molecular complexity index is 763. The van der Waals surface area contributed by atoms with E-state index in [0.717, 1.165) is 15.3 Å². The molecule has 3 aromatic heterocycles. The van der Waals surface area contributed by atoms with E-state index in [4.69, 9.17) is 0 Å². The molecule has 1 aliphatic carbocycles. The van der Waals surface area contributed by atoms with Crippen molar-refractivity contribution in [1.29, 1.82) is 0 Å². The first-order valence-electron chi connectivity index (χ1n) is 6.48. The van der Waals surface area contributed by atoms with Gasteiger partial charge in [0.1, 0.15) is 11.5 Å². The van der Waals surface area contributed by atoms with Gasteiger partial charge in [-0.15, -0.1) is 10.2 Å². The van der Waals surface area contributed by atoms with Crippen LogP contribution in [0.5, 0.6) is 0 Å². The fraction of sp³-hybridized carbons (Fsp3) is 0.333. The van der Waals surface area contributed by atoms with Gasteiger partial charge in [0, 0.05) is 25.4 Å². The zero-order valence-electron chi connectivity index (χ0n) is 11.2. The van der Waals surface area contributed by atoms with Gasteiger partial charge in [0.15, 0.2) is 15.3 Å². The molecule has 0 N–H and O–H groups in total. The predicted octanol–water partition coefficient (Wildman–Crippen LogP) is 2.15. The molecule has 9 heteroatoms. The van der Waals surface area contributed by atoms with Gasteiger partial charge in [-0.25, -0.2) is 9.97 Å². The van der Waals surface area contributed by atoms with Crippen molar-refractivity contribution in [1.82, 2.24) is 34.1 Å². The Balaban J connectivity index is 1.59. The van der Waals surface area contributed by atoms with Crippen molar-refractivity contribution in [2.75, 3.05) is 0 Å². The third-order valence-corrected chi connectivity index (χ3v) is 4.97. The Labute approximate surface area is 129 Å². The molecule has 3 heterocycles. The van der Waals surface area contributed by atoms with E-state index in [1.165, 1.54) is 36.1 Å². The lowest BCUT2D eigenvalue weighted by atomic mass is 10.4. The Morgan fingerprint density at radius 3 is 2.95 bits per heavy atom. The number of rotatable bonds is 4. The molecule has 106 valence electrons. The fourth-order valence-corrected chi connectivity index (χ4v) is 3.47. The zero-order valence-corrected chi connectivity index (χ0v) is 12.8. The smallest absolute Gasteiger partial charge is 0.198 e. The van der Waals surface area contributed by atoms with Crippen molar-refractivity contribution in [2.45, 2.75) is 28.3 Å².